The minimum atomic E-state index is -0.378. The topological polar surface area (TPSA) is 98.8 Å². The predicted octanol–water partition coefficient (Wildman–Crippen LogP) is 4.43. The number of aryl methyl sites for hydroxylation is 2. The first-order chi connectivity index (χ1) is 16.0. The van der Waals surface area contributed by atoms with Crippen molar-refractivity contribution in [2.24, 2.45) is 0 Å². The minimum absolute atomic E-state index is 0.217. The van der Waals surface area contributed by atoms with E-state index in [1.807, 2.05) is 63.2 Å². The molecule has 2 atom stereocenters. The molecular formula is C25H21N5O3. The zero-order chi connectivity index (χ0) is 22.7. The number of rotatable bonds is 3. The van der Waals surface area contributed by atoms with Crippen molar-refractivity contribution in [1.82, 2.24) is 24.7 Å². The van der Waals surface area contributed by atoms with E-state index in [0.29, 0.717) is 22.5 Å². The maximum Gasteiger partial charge on any atom is 0.327 e. The molecule has 4 aromatic heterocycles. The molecule has 0 spiro atoms. The minimum Gasteiger partial charge on any atom is -0.485 e. The quantitative estimate of drug-likeness (QED) is 0.447. The van der Waals surface area contributed by atoms with Gasteiger partial charge in [0.05, 0.1) is 28.2 Å². The number of hydrogen-bond donors (Lipinski definition) is 1. The summed E-state index contributed by atoms with van der Waals surface area (Å²) in [5, 5.41) is 4.15. The Morgan fingerprint density at radius 1 is 1.03 bits per heavy atom. The van der Waals surface area contributed by atoms with Crippen molar-refractivity contribution >= 4 is 11.0 Å². The highest BCUT2D eigenvalue weighted by Gasteiger charge is 2.36. The van der Waals surface area contributed by atoms with E-state index in [-0.39, 0.29) is 17.8 Å². The largest absolute Gasteiger partial charge is 0.485 e. The lowest BCUT2D eigenvalue weighted by Gasteiger charge is -2.32. The first-order valence-corrected chi connectivity index (χ1v) is 10.8. The molecule has 5 aromatic rings. The number of imidazole rings is 1. The van der Waals surface area contributed by atoms with E-state index >= 15 is 0 Å². The van der Waals surface area contributed by atoms with Crippen LogP contribution in [0.2, 0.25) is 0 Å². The second-order valence-corrected chi connectivity index (χ2v) is 8.26. The third kappa shape index (κ3) is 2.83. The van der Waals surface area contributed by atoms with Gasteiger partial charge in [-0.15, -0.1) is 0 Å². The van der Waals surface area contributed by atoms with Gasteiger partial charge in [0.1, 0.15) is 23.4 Å². The van der Waals surface area contributed by atoms with E-state index in [4.69, 9.17) is 9.26 Å². The maximum atomic E-state index is 13.4. The van der Waals surface area contributed by atoms with E-state index < -0.39 is 0 Å². The average molecular weight is 439 g/mol. The molecular weight excluding hydrogens is 418 g/mol. The van der Waals surface area contributed by atoms with Crippen molar-refractivity contribution in [3.63, 3.8) is 0 Å². The first kappa shape index (κ1) is 19.5. The van der Waals surface area contributed by atoms with Crippen molar-refractivity contribution in [1.29, 1.82) is 0 Å². The molecule has 1 aliphatic heterocycles. The van der Waals surface area contributed by atoms with Crippen LogP contribution >= 0.6 is 0 Å². The summed E-state index contributed by atoms with van der Waals surface area (Å²) in [6, 6.07) is 13.0. The molecule has 2 unspecified atom stereocenters. The molecule has 0 radical (unpaired) electrons. The molecule has 0 saturated heterocycles. The summed E-state index contributed by atoms with van der Waals surface area (Å²) < 4.78 is 13.8. The molecule has 1 N–H and O–H groups in total. The second-order valence-electron chi connectivity index (χ2n) is 8.26. The van der Waals surface area contributed by atoms with Crippen LogP contribution in [0.1, 0.15) is 30.1 Å². The third-order valence-corrected chi connectivity index (χ3v) is 6.21. The molecule has 0 amide bonds. The monoisotopic (exact) mass is 439 g/mol. The molecule has 1 aliphatic rings. The van der Waals surface area contributed by atoms with Gasteiger partial charge in [-0.1, -0.05) is 17.3 Å². The molecule has 33 heavy (non-hydrogen) atoms. The van der Waals surface area contributed by atoms with Crippen LogP contribution in [0.5, 0.6) is 5.75 Å². The van der Waals surface area contributed by atoms with Gasteiger partial charge in [-0.05, 0) is 51.1 Å². The van der Waals surface area contributed by atoms with Crippen molar-refractivity contribution < 1.29 is 9.26 Å². The first-order valence-electron chi connectivity index (χ1n) is 10.8. The summed E-state index contributed by atoms with van der Waals surface area (Å²) in [4.78, 5) is 25.5. The Labute approximate surface area is 188 Å². The van der Waals surface area contributed by atoms with Crippen molar-refractivity contribution in [2.75, 3.05) is 0 Å². The molecule has 0 saturated carbocycles. The van der Waals surface area contributed by atoms with Gasteiger partial charge in [0, 0.05) is 23.5 Å². The van der Waals surface area contributed by atoms with Crippen LogP contribution in [0.3, 0.4) is 0 Å². The Hall–Kier alpha value is -4.20. The molecule has 5 heterocycles. The molecule has 0 aliphatic carbocycles. The van der Waals surface area contributed by atoms with Gasteiger partial charge in [0.25, 0.3) is 0 Å². The number of nitrogens with one attached hydrogen (secondary N) is 1. The van der Waals surface area contributed by atoms with Crippen molar-refractivity contribution in [2.45, 2.75) is 32.9 Å². The van der Waals surface area contributed by atoms with E-state index in [1.54, 1.807) is 17.0 Å². The van der Waals surface area contributed by atoms with Crippen molar-refractivity contribution in [3.05, 3.63) is 82.5 Å². The van der Waals surface area contributed by atoms with Gasteiger partial charge in [0.15, 0.2) is 5.75 Å². The maximum absolute atomic E-state index is 13.4. The zero-order valence-corrected chi connectivity index (χ0v) is 18.4. The number of benzene rings is 1. The van der Waals surface area contributed by atoms with Crippen LogP contribution < -0.4 is 10.4 Å². The number of hydrogen-bond acceptors (Lipinski definition) is 6. The standard InChI is InChI=1S/C25H21N5O3/c1-13-20(14(2)33-29-13)17-12-16(18-8-4-6-10-26-18)21-23-24(17)32-15(3)22(30(23)25(31)28-21)19-9-5-7-11-27-19/h4-12,15,22H,1-3H3,(H,28,31). The number of ether oxygens (including phenoxy) is 1. The smallest absolute Gasteiger partial charge is 0.327 e. The summed E-state index contributed by atoms with van der Waals surface area (Å²) in [6.45, 7) is 5.73. The highest BCUT2D eigenvalue weighted by molar-refractivity contribution is 6.01. The molecule has 164 valence electrons. The highest BCUT2D eigenvalue weighted by Crippen LogP contribution is 2.47. The number of aromatic amines is 1. The SMILES string of the molecule is Cc1noc(C)c1-c1cc(-c2ccccn2)c2[nH]c(=O)n3c2c1OC(C)C3c1ccccn1. The molecule has 1 aromatic carbocycles. The van der Waals surface area contributed by atoms with Gasteiger partial charge in [0.2, 0.25) is 0 Å². The average Bonchev–Trinajstić information content (AvgIpc) is 3.35. The van der Waals surface area contributed by atoms with Gasteiger partial charge < -0.3 is 14.2 Å². The lowest BCUT2D eigenvalue weighted by molar-refractivity contribution is 0.160. The predicted molar refractivity (Wildman–Crippen MR) is 123 cm³/mol. The van der Waals surface area contributed by atoms with Crippen LogP contribution in [-0.2, 0) is 0 Å². The van der Waals surface area contributed by atoms with Gasteiger partial charge in [-0.25, -0.2) is 4.79 Å². The molecule has 8 heteroatoms. The fourth-order valence-corrected chi connectivity index (χ4v) is 4.82. The fraction of sp³-hybridized carbons (Fsp3) is 0.200. The van der Waals surface area contributed by atoms with Crippen LogP contribution in [0.15, 0.2) is 64.2 Å². The highest BCUT2D eigenvalue weighted by atomic mass is 16.5. The zero-order valence-electron chi connectivity index (χ0n) is 18.4. The number of aromatic nitrogens is 5. The van der Waals surface area contributed by atoms with Crippen LogP contribution in [0.25, 0.3) is 33.4 Å². The fourth-order valence-electron chi connectivity index (χ4n) is 4.82. The summed E-state index contributed by atoms with van der Waals surface area (Å²) in [7, 11) is 0. The number of nitrogens with zero attached hydrogens (tertiary/aromatic N) is 4. The lowest BCUT2D eigenvalue weighted by atomic mass is 9.95. The molecule has 6 rings (SSSR count). The Bertz CT molecular complexity index is 1530. The van der Waals surface area contributed by atoms with Crippen LogP contribution in [-0.4, -0.2) is 30.8 Å². The summed E-state index contributed by atoms with van der Waals surface area (Å²) in [6.07, 6.45) is 3.14. The Morgan fingerprint density at radius 3 is 2.48 bits per heavy atom. The second kappa shape index (κ2) is 7.16. The van der Waals surface area contributed by atoms with Gasteiger partial charge in [-0.3, -0.25) is 14.5 Å². The van der Waals surface area contributed by atoms with E-state index in [1.165, 1.54) is 0 Å². The van der Waals surface area contributed by atoms with E-state index in [2.05, 4.69) is 20.1 Å². The Morgan fingerprint density at radius 2 is 1.82 bits per heavy atom. The Kier molecular flexibility index (Phi) is 4.23. The van der Waals surface area contributed by atoms with E-state index in [0.717, 1.165) is 33.8 Å². The van der Waals surface area contributed by atoms with Crippen molar-refractivity contribution in [3.8, 4) is 28.1 Å². The molecule has 0 fully saturated rings. The molecule has 0 bridgehead atoms. The third-order valence-electron chi connectivity index (χ3n) is 6.21. The van der Waals surface area contributed by atoms with Gasteiger partial charge in [-0.2, -0.15) is 0 Å². The van der Waals surface area contributed by atoms with Crippen LogP contribution in [0.4, 0.5) is 0 Å². The van der Waals surface area contributed by atoms with E-state index in [9.17, 15) is 4.79 Å². The lowest BCUT2D eigenvalue weighted by Crippen LogP contribution is -2.37. The van der Waals surface area contributed by atoms with Crippen LogP contribution in [0, 0.1) is 13.8 Å². The normalized spacial score (nSPS) is 17.3. The summed E-state index contributed by atoms with van der Waals surface area (Å²) in [5.74, 6) is 1.31. The van der Waals surface area contributed by atoms with Gasteiger partial charge >= 0.3 is 5.69 Å². The number of pyridine rings is 2. The summed E-state index contributed by atoms with van der Waals surface area (Å²) in [5.41, 5.74) is 5.89. The molecule has 8 nitrogen and oxygen atoms in total. The summed E-state index contributed by atoms with van der Waals surface area (Å²) >= 11 is 0. The number of H-pyrrole nitrogens is 1. The Balaban J connectivity index is 1.75.